The van der Waals surface area contributed by atoms with Crippen molar-refractivity contribution in [1.29, 1.82) is 0 Å². The number of carbonyl (C=O) groups excluding carboxylic acids is 1. The van der Waals surface area contributed by atoms with Gasteiger partial charge in [-0.05, 0) is 55.7 Å². The Morgan fingerprint density at radius 2 is 1.81 bits per heavy atom. The maximum atomic E-state index is 13.8. The first kappa shape index (κ1) is 23.5. The van der Waals surface area contributed by atoms with Gasteiger partial charge in [0.2, 0.25) is 15.9 Å². The molecule has 31 heavy (non-hydrogen) atoms. The minimum Gasteiger partial charge on any atom is -0.372 e. The molecule has 1 heterocycles. The van der Waals surface area contributed by atoms with Crippen molar-refractivity contribution in [3.05, 3.63) is 59.4 Å². The maximum absolute atomic E-state index is 13.8. The van der Waals surface area contributed by atoms with Crippen molar-refractivity contribution in [3.8, 4) is 0 Å². The number of nitrogens with one attached hydrogen (secondary N) is 1. The number of hydrogen-bond donors (Lipinski definition) is 1. The van der Waals surface area contributed by atoms with Crippen LogP contribution in [0.4, 0.5) is 10.1 Å². The molecule has 0 aromatic heterocycles. The van der Waals surface area contributed by atoms with Crippen molar-refractivity contribution in [1.82, 2.24) is 9.62 Å². The van der Waals surface area contributed by atoms with E-state index in [1.54, 1.807) is 30.3 Å². The van der Waals surface area contributed by atoms with Crippen LogP contribution in [-0.4, -0.2) is 51.9 Å². The van der Waals surface area contributed by atoms with E-state index in [-0.39, 0.29) is 22.5 Å². The third kappa shape index (κ3) is 5.96. The van der Waals surface area contributed by atoms with E-state index in [9.17, 15) is 17.6 Å². The third-order valence-electron chi connectivity index (χ3n) is 5.51. The normalized spacial score (nSPS) is 15.6. The Labute approximate surface area is 188 Å². The summed E-state index contributed by atoms with van der Waals surface area (Å²) in [6, 6.07) is 12.7. The number of halogens is 2. The SMILES string of the molecule is CN(CCCNC(=O)C1CCN(S(=O)(=O)c2ccc(Cl)cc2)CC1)c1ccccc1F. The van der Waals surface area contributed by atoms with Gasteiger partial charge in [-0.3, -0.25) is 4.79 Å². The Bertz CT molecular complexity index is 993. The van der Waals surface area contributed by atoms with Crippen molar-refractivity contribution < 1.29 is 17.6 Å². The van der Waals surface area contributed by atoms with Crippen LogP contribution < -0.4 is 10.2 Å². The van der Waals surface area contributed by atoms with E-state index in [0.29, 0.717) is 56.2 Å². The highest BCUT2D eigenvalue weighted by Gasteiger charge is 2.31. The topological polar surface area (TPSA) is 69.7 Å². The fraction of sp³-hybridized carbons (Fsp3) is 0.409. The molecule has 1 fully saturated rings. The minimum absolute atomic E-state index is 0.0583. The first-order valence-electron chi connectivity index (χ1n) is 10.3. The van der Waals surface area contributed by atoms with Gasteiger partial charge in [0.05, 0.1) is 10.6 Å². The highest BCUT2D eigenvalue weighted by molar-refractivity contribution is 7.89. The number of rotatable bonds is 8. The Balaban J connectivity index is 1.42. The molecule has 0 unspecified atom stereocenters. The van der Waals surface area contributed by atoms with Crippen LogP contribution in [0.3, 0.4) is 0 Å². The number of sulfonamides is 1. The van der Waals surface area contributed by atoms with Crippen LogP contribution >= 0.6 is 11.6 Å². The second-order valence-corrected chi connectivity index (χ2v) is 10.0. The van der Waals surface area contributed by atoms with Crippen molar-refractivity contribution in [2.45, 2.75) is 24.2 Å². The van der Waals surface area contributed by atoms with E-state index < -0.39 is 10.0 Å². The Hall–Kier alpha value is -2.16. The molecule has 0 bridgehead atoms. The minimum atomic E-state index is -3.58. The van der Waals surface area contributed by atoms with E-state index in [1.165, 1.54) is 22.5 Å². The molecule has 6 nitrogen and oxygen atoms in total. The van der Waals surface area contributed by atoms with Gasteiger partial charge in [0, 0.05) is 44.2 Å². The Morgan fingerprint density at radius 3 is 2.45 bits per heavy atom. The van der Waals surface area contributed by atoms with E-state index in [0.717, 1.165) is 0 Å². The average Bonchev–Trinajstić information content (AvgIpc) is 2.77. The predicted octanol–water partition coefficient (Wildman–Crippen LogP) is 3.52. The molecule has 1 saturated heterocycles. The smallest absolute Gasteiger partial charge is 0.243 e. The lowest BCUT2D eigenvalue weighted by Crippen LogP contribution is -2.43. The summed E-state index contributed by atoms with van der Waals surface area (Å²) in [7, 11) is -1.76. The fourth-order valence-electron chi connectivity index (χ4n) is 3.67. The van der Waals surface area contributed by atoms with Crippen LogP contribution in [0.2, 0.25) is 5.02 Å². The number of hydrogen-bond acceptors (Lipinski definition) is 4. The van der Waals surface area contributed by atoms with Gasteiger partial charge in [0.15, 0.2) is 0 Å². The summed E-state index contributed by atoms with van der Waals surface area (Å²) >= 11 is 5.84. The van der Waals surface area contributed by atoms with Crippen LogP contribution in [0.1, 0.15) is 19.3 Å². The quantitative estimate of drug-likeness (QED) is 0.603. The number of anilines is 1. The van der Waals surface area contributed by atoms with Crippen LogP contribution in [0.25, 0.3) is 0 Å². The molecule has 3 rings (SSSR count). The number of para-hydroxylation sites is 1. The molecular weight excluding hydrogens is 441 g/mol. The molecule has 0 radical (unpaired) electrons. The number of piperidine rings is 1. The zero-order chi connectivity index (χ0) is 22.4. The van der Waals surface area contributed by atoms with Gasteiger partial charge < -0.3 is 10.2 Å². The summed E-state index contributed by atoms with van der Waals surface area (Å²) in [5.41, 5.74) is 0.531. The summed E-state index contributed by atoms with van der Waals surface area (Å²) in [6.07, 6.45) is 1.64. The molecule has 0 atom stereocenters. The lowest BCUT2D eigenvalue weighted by Gasteiger charge is -2.30. The summed E-state index contributed by atoms with van der Waals surface area (Å²) in [5, 5.41) is 3.40. The molecule has 1 amide bonds. The van der Waals surface area contributed by atoms with E-state index >= 15 is 0 Å². The highest BCUT2D eigenvalue weighted by Crippen LogP contribution is 2.25. The van der Waals surface area contributed by atoms with Crippen molar-refractivity contribution >= 4 is 33.2 Å². The third-order valence-corrected chi connectivity index (χ3v) is 7.67. The van der Waals surface area contributed by atoms with Gasteiger partial charge >= 0.3 is 0 Å². The molecule has 0 spiro atoms. The Morgan fingerprint density at radius 1 is 1.16 bits per heavy atom. The van der Waals surface area contributed by atoms with Gasteiger partial charge in [-0.25, -0.2) is 12.8 Å². The summed E-state index contributed by atoms with van der Waals surface area (Å²) in [5.74, 6) is -0.535. The monoisotopic (exact) mass is 467 g/mol. The standard InChI is InChI=1S/C22H27ClFN3O3S/c1-26(21-6-3-2-5-20(21)24)14-4-13-25-22(28)17-11-15-27(16-12-17)31(29,30)19-9-7-18(23)8-10-19/h2-3,5-10,17H,4,11-16H2,1H3,(H,25,28). The molecule has 0 aliphatic carbocycles. The molecule has 2 aromatic carbocycles. The van der Waals surface area contributed by atoms with E-state index in [2.05, 4.69) is 5.32 Å². The summed E-state index contributed by atoms with van der Waals surface area (Å²) in [4.78, 5) is 14.5. The maximum Gasteiger partial charge on any atom is 0.243 e. The number of nitrogens with zero attached hydrogens (tertiary/aromatic N) is 2. The second-order valence-electron chi connectivity index (χ2n) is 7.65. The van der Waals surface area contributed by atoms with E-state index in [4.69, 9.17) is 11.6 Å². The highest BCUT2D eigenvalue weighted by atomic mass is 35.5. The van der Waals surface area contributed by atoms with Gasteiger partial charge in [-0.1, -0.05) is 23.7 Å². The lowest BCUT2D eigenvalue weighted by molar-refractivity contribution is -0.126. The molecule has 2 aromatic rings. The molecule has 1 aliphatic heterocycles. The van der Waals surface area contributed by atoms with Crippen LogP contribution in [-0.2, 0) is 14.8 Å². The Kier molecular flexibility index (Phi) is 7.91. The molecule has 168 valence electrons. The van der Waals surface area contributed by atoms with Crippen molar-refractivity contribution in [2.75, 3.05) is 38.1 Å². The van der Waals surface area contributed by atoms with Crippen LogP contribution in [0.5, 0.6) is 0 Å². The van der Waals surface area contributed by atoms with Crippen molar-refractivity contribution in [3.63, 3.8) is 0 Å². The largest absolute Gasteiger partial charge is 0.372 e. The van der Waals surface area contributed by atoms with Crippen LogP contribution in [0, 0.1) is 11.7 Å². The molecular formula is C22H27ClFN3O3S. The van der Waals surface area contributed by atoms with Gasteiger partial charge in [-0.2, -0.15) is 4.31 Å². The lowest BCUT2D eigenvalue weighted by atomic mass is 9.97. The van der Waals surface area contributed by atoms with Gasteiger partial charge in [-0.15, -0.1) is 0 Å². The number of benzene rings is 2. The number of carbonyl (C=O) groups is 1. The predicted molar refractivity (Wildman–Crippen MR) is 120 cm³/mol. The summed E-state index contributed by atoms with van der Waals surface area (Å²) < 4.78 is 40.7. The average molecular weight is 468 g/mol. The summed E-state index contributed by atoms with van der Waals surface area (Å²) in [6.45, 7) is 1.71. The zero-order valence-electron chi connectivity index (χ0n) is 17.4. The number of amides is 1. The first-order chi connectivity index (χ1) is 14.8. The van der Waals surface area contributed by atoms with Crippen LogP contribution in [0.15, 0.2) is 53.4 Å². The molecule has 1 N–H and O–H groups in total. The molecule has 0 saturated carbocycles. The van der Waals surface area contributed by atoms with Gasteiger partial charge in [0.25, 0.3) is 0 Å². The first-order valence-corrected chi connectivity index (χ1v) is 12.1. The molecule has 9 heteroatoms. The fourth-order valence-corrected chi connectivity index (χ4v) is 5.26. The van der Waals surface area contributed by atoms with Crippen molar-refractivity contribution in [2.24, 2.45) is 5.92 Å². The van der Waals surface area contributed by atoms with Gasteiger partial charge in [0.1, 0.15) is 5.82 Å². The molecule has 1 aliphatic rings. The van der Waals surface area contributed by atoms with E-state index in [1.807, 2.05) is 11.9 Å². The second kappa shape index (κ2) is 10.4. The zero-order valence-corrected chi connectivity index (χ0v) is 19.0.